The lowest BCUT2D eigenvalue weighted by Gasteiger charge is -2.33. The number of rotatable bonds is 8. The molecular formula is C24H30F3N3O4S. The van der Waals surface area contributed by atoms with Crippen LogP contribution in [0.3, 0.4) is 0 Å². The molecule has 192 valence electrons. The van der Waals surface area contributed by atoms with Gasteiger partial charge >= 0.3 is 6.18 Å². The van der Waals surface area contributed by atoms with Crippen molar-refractivity contribution in [3.05, 3.63) is 65.7 Å². The second-order valence-electron chi connectivity index (χ2n) is 9.24. The maximum absolute atomic E-state index is 13.4. The van der Waals surface area contributed by atoms with Crippen LogP contribution in [0.15, 0.2) is 54.6 Å². The molecule has 0 saturated carbocycles. The van der Waals surface area contributed by atoms with Crippen LogP contribution in [0.1, 0.15) is 38.8 Å². The topological polar surface area (TPSA) is 86.8 Å². The Morgan fingerprint density at radius 2 is 1.60 bits per heavy atom. The monoisotopic (exact) mass is 513 g/mol. The fraction of sp³-hybridized carbons (Fsp3) is 0.417. The molecule has 0 spiro atoms. The minimum Gasteiger partial charge on any atom is -0.350 e. The smallest absolute Gasteiger partial charge is 0.350 e. The minimum atomic E-state index is -4.69. The number of carbonyl (C=O) groups is 2. The first-order chi connectivity index (χ1) is 16.0. The molecule has 0 unspecified atom stereocenters. The Hall–Kier alpha value is -3.08. The number of hydrogen-bond donors (Lipinski definition) is 1. The molecule has 0 saturated heterocycles. The Labute approximate surface area is 204 Å². The maximum Gasteiger partial charge on any atom is 0.416 e. The van der Waals surface area contributed by atoms with E-state index in [1.807, 2.05) is 0 Å². The van der Waals surface area contributed by atoms with Crippen molar-refractivity contribution in [2.75, 3.05) is 17.1 Å². The summed E-state index contributed by atoms with van der Waals surface area (Å²) in [4.78, 5) is 27.4. The normalized spacial score (nSPS) is 13.1. The molecule has 35 heavy (non-hydrogen) atoms. The average Bonchev–Trinajstić information content (AvgIpc) is 2.73. The summed E-state index contributed by atoms with van der Waals surface area (Å²) in [7, 11) is -4.14. The van der Waals surface area contributed by atoms with Crippen LogP contribution in [-0.4, -0.2) is 49.5 Å². The predicted octanol–water partition coefficient (Wildman–Crippen LogP) is 3.80. The molecule has 1 atom stereocenters. The van der Waals surface area contributed by atoms with Gasteiger partial charge in [-0.25, -0.2) is 8.42 Å². The molecular weight excluding hydrogens is 483 g/mol. The van der Waals surface area contributed by atoms with E-state index >= 15 is 0 Å². The SMILES string of the molecule is C[C@H](C(=O)NC(C)(C)C)N(Cc1ccccc1)C(=O)CN(c1cccc(C(F)(F)F)c1)S(C)(=O)=O. The minimum absolute atomic E-state index is 0.00139. The lowest BCUT2D eigenvalue weighted by atomic mass is 10.1. The van der Waals surface area contributed by atoms with Gasteiger partial charge in [0.25, 0.3) is 0 Å². The zero-order valence-electron chi connectivity index (χ0n) is 20.3. The summed E-state index contributed by atoms with van der Waals surface area (Å²) in [6.45, 7) is 6.07. The van der Waals surface area contributed by atoms with Crippen LogP contribution in [0.4, 0.5) is 18.9 Å². The van der Waals surface area contributed by atoms with Gasteiger partial charge in [-0.3, -0.25) is 13.9 Å². The van der Waals surface area contributed by atoms with Crippen LogP contribution in [0, 0.1) is 0 Å². The van der Waals surface area contributed by atoms with E-state index in [0.29, 0.717) is 15.9 Å². The third-order valence-electron chi connectivity index (χ3n) is 5.00. The van der Waals surface area contributed by atoms with Gasteiger partial charge in [-0.05, 0) is 51.5 Å². The van der Waals surface area contributed by atoms with Gasteiger partial charge in [0.05, 0.1) is 17.5 Å². The number of alkyl halides is 3. The van der Waals surface area contributed by atoms with Crippen LogP contribution >= 0.6 is 0 Å². The van der Waals surface area contributed by atoms with Gasteiger partial charge < -0.3 is 10.2 Å². The van der Waals surface area contributed by atoms with E-state index in [1.165, 1.54) is 17.9 Å². The molecule has 0 fully saturated rings. The molecule has 2 amide bonds. The highest BCUT2D eigenvalue weighted by Gasteiger charge is 2.34. The van der Waals surface area contributed by atoms with Crippen molar-refractivity contribution in [2.45, 2.75) is 52.0 Å². The largest absolute Gasteiger partial charge is 0.416 e. The van der Waals surface area contributed by atoms with Crippen molar-refractivity contribution in [2.24, 2.45) is 0 Å². The van der Waals surface area contributed by atoms with E-state index < -0.39 is 51.7 Å². The summed E-state index contributed by atoms with van der Waals surface area (Å²) in [5.41, 5.74) is -1.23. The van der Waals surface area contributed by atoms with Gasteiger partial charge in [-0.15, -0.1) is 0 Å². The molecule has 0 aromatic heterocycles. The number of benzene rings is 2. The first kappa shape index (κ1) is 28.2. The predicted molar refractivity (Wildman–Crippen MR) is 128 cm³/mol. The van der Waals surface area contributed by atoms with Crippen molar-refractivity contribution >= 4 is 27.5 Å². The van der Waals surface area contributed by atoms with Gasteiger partial charge in [-0.1, -0.05) is 36.4 Å². The van der Waals surface area contributed by atoms with Crippen LogP contribution in [0.5, 0.6) is 0 Å². The third kappa shape index (κ3) is 8.27. The third-order valence-corrected chi connectivity index (χ3v) is 6.14. The van der Waals surface area contributed by atoms with E-state index in [1.54, 1.807) is 51.1 Å². The summed E-state index contributed by atoms with van der Waals surface area (Å²) in [6, 6.07) is 11.5. The van der Waals surface area contributed by atoms with Gasteiger partial charge in [0.2, 0.25) is 21.8 Å². The molecule has 0 aliphatic carbocycles. The van der Waals surface area contributed by atoms with Crippen LogP contribution in [0.25, 0.3) is 0 Å². The maximum atomic E-state index is 13.4. The molecule has 2 aromatic carbocycles. The second kappa shape index (κ2) is 10.7. The quantitative estimate of drug-likeness (QED) is 0.582. The molecule has 2 aromatic rings. The van der Waals surface area contributed by atoms with Crippen molar-refractivity contribution in [3.63, 3.8) is 0 Å². The Morgan fingerprint density at radius 3 is 2.11 bits per heavy atom. The molecule has 0 aliphatic heterocycles. The molecule has 2 rings (SSSR count). The summed E-state index contributed by atoms with van der Waals surface area (Å²) >= 11 is 0. The lowest BCUT2D eigenvalue weighted by Crippen LogP contribution is -2.54. The van der Waals surface area contributed by atoms with Crippen molar-refractivity contribution in [1.29, 1.82) is 0 Å². The molecule has 0 aliphatic rings. The molecule has 0 heterocycles. The van der Waals surface area contributed by atoms with E-state index in [9.17, 15) is 31.2 Å². The Balaban J connectivity index is 2.43. The number of sulfonamides is 1. The van der Waals surface area contributed by atoms with Crippen molar-refractivity contribution < 1.29 is 31.2 Å². The number of hydrogen-bond acceptors (Lipinski definition) is 4. The number of nitrogens with one attached hydrogen (secondary N) is 1. The van der Waals surface area contributed by atoms with Gasteiger partial charge in [0.1, 0.15) is 12.6 Å². The lowest BCUT2D eigenvalue weighted by molar-refractivity contribution is -0.140. The molecule has 0 radical (unpaired) electrons. The summed E-state index contributed by atoms with van der Waals surface area (Å²) in [5, 5.41) is 2.79. The van der Waals surface area contributed by atoms with Gasteiger partial charge in [0, 0.05) is 12.1 Å². The highest BCUT2D eigenvalue weighted by molar-refractivity contribution is 7.92. The Bertz CT molecular complexity index is 1150. The van der Waals surface area contributed by atoms with Crippen LogP contribution in [0.2, 0.25) is 0 Å². The Morgan fingerprint density at radius 1 is 1.00 bits per heavy atom. The summed E-state index contributed by atoms with van der Waals surface area (Å²) in [6.07, 6.45) is -3.89. The fourth-order valence-corrected chi connectivity index (χ4v) is 4.13. The van der Waals surface area contributed by atoms with Crippen molar-refractivity contribution in [3.8, 4) is 0 Å². The van der Waals surface area contributed by atoms with Gasteiger partial charge in [-0.2, -0.15) is 13.2 Å². The Kier molecular flexibility index (Phi) is 8.59. The number of amides is 2. The van der Waals surface area contributed by atoms with E-state index in [2.05, 4.69) is 5.32 Å². The number of halogens is 3. The zero-order chi connectivity index (χ0) is 26.6. The van der Waals surface area contributed by atoms with E-state index in [-0.39, 0.29) is 12.2 Å². The standard InChI is InChI=1S/C24H30F3N3O4S/c1-17(22(32)28-23(2,3)4)29(15-18-10-7-6-8-11-18)21(31)16-30(35(5,33)34)20-13-9-12-19(14-20)24(25,26)27/h6-14,17H,15-16H2,1-5H3,(H,28,32)/t17-/m1/s1. The fourth-order valence-electron chi connectivity index (χ4n) is 3.29. The molecule has 0 bridgehead atoms. The van der Waals surface area contributed by atoms with E-state index in [0.717, 1.165) is 18.4 Å². The number of carbonyl (C=O) groups excluding carboxylic acids is 2. The molecule has 7 nitrogen and oxygen atoms in total. The highest BCUT2D eigenvalue weighted by Crippen LogP contribution is 2.32. The van der Waals surface area contributed by atoms with Crippen molar-refractivity contribution in [1.82, 2.24) is 10.2 Å². The average molecular weight is 514 g/mol. The number of nitrogens with zero attached hydrogens (tertiary/aromatic N) is 2. The van der Waals surface area contributed by atoms with Crippen LogP contribution in [-0.2, 0) is 32.3 Å². The second-order valence-corrected chi connectivity index (χ2v) is 11.1. The first-order valence-corrected chi connectivity index (χ1v) is 12.6. The molecule has 1 N–H and O–H groups in total. The number of anilines is 1. The zero-order valence-corrected chi connectivity index (χ0v) is 21.1. The highest BCUT2D eigenvalue weighted by atomic mass is 32.2. The van der Waals surface area contributed by atoms with E-state index in [4.69, 9.17) is 0 Å². The summed E-state index contributed by atoms with van der Waals surface area (Å²) < 4.78 is 65.2. The summed E-state index contributed by atoms with van der Waals surface area (Å²) in [5.74, 6) is -1.19. The first-order valence-electron chi connectivity index (χ1n) is 10.8. The molecule has 11 heteroatoms. The van der Waals surface area contributed by atoms with Gasteiger partial charge in [0.15, 0.2) is 0 Å². The van der Waals surface area contributed by atoms with Crippen LogP contribution < -0.4 is 9.62 Å².